The van der Waals surface area contributed by atoms with Gasteiger partial charge in [0.1, 0.15) is 6.10 Å². The van der Waals surface area contributed by atoms with Gasteiger partial charge in [0.05, 0.1) is 0 Å². The van der Waals surface area contributed by atoms with Gasteiger partial charge in [-0.05, 0) is 130 Å². The zero-order valence-corrected chi connectivity index (χ0v) is 22.6. The second-order valence-electron chi connectivity index (χ2n) is 14.3. The van der Waals surface area contributed by atoms with Crippen LogP contribution in [-0.2, 0) is 9.53 Å². The van der Waals surface area contributed by atoms with Gasteiger partial charge in [0.25, 0.3) is 0 Å². The van der Waals surface area contributed by atoms with Crippen molar-refractivity contribution in [3.63, 3.8) is 0 Å². The molecule has 5 fully saturated rings. The molecule has 2 nitrogen and oxygen atoms in total. The van der Waals surface area contributed by atoms with Crippen molar-refractivity contribution in [2.75, 3.05) is 0 Å². The van der Waals surface area contributed by atoms with Crippen molar-refractivity contribution in [2.24, 2.45) is 51.2 Å². The second kappa shape index (κ2) is 7.86. The van der Waals surface area contributed by atoms with Gasteiger partial charge in [-0.15, -0.1) is 0 Å². The molecular formula is C31H50O2. The van der Waals surface area contributed by atoms with E-state index >= 15 is 0 Å². The van der Waals surface area contributed by atoms with Crippen LogP contribution >= 0.6 is 0 Å². The molecule has 0 aromatic heterocycles. The maximum Gasteiger partial charge on any atom is 0.302 e. The number of fused-ring (bicyclic) bond motifs is 2. The lowest BCUT2D eigenvalue weighted by Gasteiger charge is -2.59. The van der Waals surface area contributed by atoms with Gasteiger partial charge >= 0.3 is 5.97 Å². The lowest BCUT2D eigenvalue weighted by atomic mass is 9.46. The summed E-state index contributed by atoms with van der Waals surface area (Å²) in [4.78, 5) is 11.8. The summed E-state index contributed by atoms with van der Waals surface area (Å²) >= 11 is 0. The van der Waals surface area contributed by atoms with E-state index in [0.29, 0.717) is 16.2 Å². The molecule has 0 bridgehead atoms. The van der Waals surface area contributed by atoms with Crippen LogP contribution < -0.4 is 0 Å². The van der Waals surface area contributed by atoms with E-state index in [1.165, 1.54) is 69.8 Å². The summed E-state index contributed by atoms with van der Waals surface area (Å²) in [5.74, 6) is 4.35. The molecule has 0 radical (unpaired) electrons. The summed E-state index contributed by atoms with van der Waals surface area (Å²) in [7, 11) is 0. The summed E-state index contributed by atoms with van der Waals surface area (Å²) < 4.78 is 5.88. The van der Waals surface area contributed by atoms with Gasteiger partial charge in [-0.1, -0.05) is 39.3 Å². The minimum atomic E-state index is -0.0904. The maximum atomic E-state index is 11.8. The van der Waals surface area contributed by atoms with Crippen LogP contribution in [0.25, 0.3) is 0 Å². The molecule has 0 saturated heterocycles. The Labute approximate surface area is 203 Å². The van der Waals surface area contributed by atoms with E-state index in [9.17, 15) is 4.79 Å². The van der Waals surface area contributed by atoms with Gasteiger partial charge in [0, 0.05) is 12.3 Å². The third kappa shape index (κ3) is 3.35. The van der Waals surface area contributed by atoms with Crippen LogP contribution in [0.2, 0.25) is 0 Å². The molecule has 5 aliphatic rings. The molecule has 0 aromatic rings. The van der Waals surface area contributed by atoms with Crippen LogP contribution in [0.4, 0.5) is 0 Å². The number of carbonyl (C=O) groups is 1. The first-order valence-electron chi connectivity index (χ1n) is 14.3. The Balaban J connectivity index is 1.34. The third-order valence-electron chi connectivity index (χ3n) is 12.5. The van der Waals surface area contributed by atoms with Gasteiger partial charge < -0.3 is 4.74 Å². The Kier molecular flexibility index (Phi) is 5.70. The van der Waals surface area contributed by atoms with Crippen molar-refractivity contribution in [1.82, 2.24) is 0 Å². The summed E-state index contributed by atoms with van der Waals surface area (Å²) in [6.45, 7) is 16.2. The van der Waals surface area contributed by atoms with Crippen molar-refractivity contribution >= 4 is 5.97 Å². The fraction of sp³-hybridized carbons (Fsp3) is 0.903. The molecule has 186 valence electrons. The number of hydrogen-bond acceptors (Lipinski definition) is 2. The zero-order valence-electron chi connectivity index (χ0n) is 22.6. The number of carbonyl (C=O) groups excluding carboxylic acids is 1. The largest absolute Gasteiger partial charge is 0.462 e. The molecule has 8 unspecified atom stereocenters. The van der Waals surface area contributed by atoms with Gasteiger partial charge in [-0.25, -0.2) is 0 Å². The van der Waals surface area contributed by atoms with Gasteiger partial charge in [-0.3, -0.25) is 4.79 Å². The number of hydrogen-bond donors (Lipinski definition) is 0. The van der Waals surface area contributed by atoms with E-state index < -0.39 is 0 Å². The Morgan fingerprint density at radius 1 is 0.939 bits per heavy atom. The standard InChI is InChI=1S/C31H50O2/c1-20(2)9-8-10-21(3)23-11-12-24-25-13-14-26-28(5,6)27(33-22(4)32)15-16-31(26)19-30(25,31)18-17-29(23,24)7/h9,21,23-27H,8,10-19H2,1-7H3/t21?,23?,24?,25?,26-,27?,29?,30?,31?/m0/s1. The van der Waals surface area contributed by atoms with Gasteiger partial charge in [-0.2, -0.15) is 0 Å². The smallest absolute Gasteiger partial charge is 0.302 e. The molecule has 0 amide bonds. The zero-order chi connectivity index (χ0) is 23.8. The predicted octanol–water partition coefficient (Wildman–Crippen LogP) is 8.35. The molecule has 33 heavy (non-hydrogen) atoms. The van der Waals surface area contributed by atoms with E-state index in [0.717, 1.165) is 36.0 Å². The number of allylic oxidation sites excluding steroid dienone is 2. The Morgan fingerprint density at radius 3 is 2.36 bits per heavy atom. The van der Waals surface area contributed by atoms with Crippen molar-refractivity contribution in [2.45, 2.75) is 125 Å². The predicted molar refractivity (Wildman–Crippen MR) is 136 cm³/mol. The first-order valence-corrected chi connectivity index (χ1v) is 14.3. The fourth-order valence-corrected chi connectivity index (χ4v) is 11.1. The molecule has 9 atom stereocenters. The van der Waals surface area contributed by atoms with Crippen LogP contribution in [0.1, 0.15) is 119 Å². The minimum absolute atomic E-state index is 0.0904. The highest BCUT2D eigenvalue weighted by atomic mass is 16.5. The van der Waals surface area contributed by atoms with Crippen LogP contribution in [0.5, 0.6) is 0 Å². The normalized spacial score (nSPS) is 47.9. The number of esters is 1. The molecule has 2 heteroatoms. The maximum absolute atomic E-state index is 11.8. The summed E-state index contributed by atoms with van der Waals surface area (Å²) in [6, 6.07) is 0. The topological polar surface area (TPSA) is 26.3 Å². The highest BCUT2D eigenvalue weighted by molar-refractivity contribution is 5.66. The Morgan fingerprint density at radius 2 is 1.67 bits per heavy atom. The molecule has 5 aliphatic carbocycles. The van der Waals surface area contributed by atoms with E-state index in [-0.39, 0.29) is 17.5 Å². The van der Waals surface area contributed by atoms with Crippen molar-refractivity contribution in [1.29, 1.82) is 0 Å². The van der Waals surface area contributed by atoms with Crippen molar-refractivity contribution < 1.29 is 9.53 Å². The number of rotatable bonds is 5. The summed E-state index contributed by atoms with van der Waals surface area (Å²) in [6.07, 6.45) is 17.8. The Hall–Kier alpha value is -0.790. The lowest BCUT2D eigenvalue weighted by molar-refractivity contribution is -0.173. The van der Waals surface area contributed by atoms with Gasteiger partial charge in [0.15, 0.2) is 0 Å². The second-order valence-corrected chi connectivity index (χ2v) is 14.3. The summed E-state index contributed by atoms with van der Waals surface area (Å²) in [5.41, 5.74) is 3.35. The molecular weight excluding hydrogens is 404 g/mol. The van der Waals surface area contributed by atoms with Crippen LogP contribution in [0.3, 0.4) is 0 Å². The first-order chi connectivity index (χ1) is 15.5. The van der Waals surface area contributed by atoms with E-state index in [1.807, 2.05) is 0 Å². The van der Waals surface area contributed by atoms with E-state index in [2.05, 4.69) is 47.6 Å². The van der Waals surface area contributed by atoms with Crippen LogP contribution in [0.15, 0.2) is 11.6 Å². The van der Waals surface area contributed by atoms with Crippen LogP contribution in [-0.4, -0.2) is 12.1 Å². The fourth-order valence-electron chi connectivity index (χ4n) is 11.1. The molecule has 0 aromatic carbocycles. The van der Waals surface area contributed by atoms with Crippen LogP contribution in [0, 0.1) is 51.2 Å². The van der Waals surface area contributed by atoms with E-state index in [4.69, 9.17) is 4.74 Å². The summed E-state index contributed by atoms with van der Waals surface area (Å²) in [5, 5.41) is 0. The highest BCUT2D eigenvalue weighted by Gasteiger charge is 2.80. The third-order valence-corrected chi connectivity index (χ3v) is 12.5. The number of ether oxygens (including phenoxy) is 1. The quantitative estimate of drug-likeness (QED) is 0.308. The SMILES string of the molecule is CC(=O)OC1CCC23CC24CCC2(C)C(C(C)CCC=C(C)C)CCC2C4CC[C@H]3C1(C)C. The first kappa shape index (κ1) is 23.9. The van der Waals surface area contributed by atoms with Gasteiger partial charge in [0.2, 0.25) is 0 Å². The average molecular weight is 455 g/mol. The minimum Gasteiger partial charge on any atom is -0.462 e. The average Bonchev–Trinajstić information content (AvgIpc) is 3.26. The molecule has 0 N–H and O–H groups in total. The van der Waals surface area contributed by atoms with Crippen molar-refractivity contribution in [3.8, 4) is 0 Å². The molecule has 2 spiro atoms. The van der Waals surface area contributed by atoms with Crippen molar-refractivity contribution in [3.05, 3.63) is 11.6 Å². The molecule has 5 saturated carbocycles. The monoisotopic (exact) mass is 454 g/mol. The highest BCUT2D eigenvalue weighted by Crippen LogP contribution is 2.87. The molecule has 5 rings (SSSR count). The Bertz CT molecular complexity index is 821. The molecule has 0 heterocycles. The lowest BCUT2D eigenvalue weighted by Crippen LogP contribution is -2.55. The van der Waals surface area contributed by atoms with E-state index in [1.54, 1.807) is 6.92 Å². The molecule has 0 aliphatic heterocycles.